The number of H-pyrrole nitrogens is 1. The monoisotopic (exact) mass is 314 g/mol. The Labute approximate surface area is 133 Å². The highest BCUT2D eigenvalue weighted by Crippen LogP contribution is 2.19. The number of hydrogen-bond donors (Lipinski definition) is 2. The van der Waals surface area contributed by atoms with E-state index >= 15 is 0 Å². The number of rotatable bonds is 5. The largest absolute Gasteiger partial charge is 0.497 e. The molecule has 112 valence electrons. The highest BCUT2D eigenvalue weighted by atomic mass is 35.5. The number of aromatic amines is 1. The molecule has 22 heavy (non-hydrogen) atoms. The van der Waals surface area contributed by atoms with Gasteiger partial charge in [-0.2, -0.15) is 5.10 Å². The molecule has 6 heteroatoms. The van der Waals surface area contributed by atoms with Gasteiger partial charge in [0.25, 0.3) is 0 Å². The van der Waals surface area contributed by atoms with Crippen LogP contribution >= 0.6 is 11.6 Å². The lowest BCUT2D eigenvalue weighted by atomic mass is 10.2. The molecule has 5 nitrogen and oxygen atoms in total. The van der Waals surface area contributed by atoms with E-state index < -0.39 is 0 Å². The second-order valence-electron chi connectivity index (χ2n) is 4.70. The Morgan fingerprint density at radius 2 is 2.00 bits per heavy atom. The second kappa shape index (κ2) is 6.49. The third-order valence-electron chi connectivity index (χ3n) is 3.16. The fourth-order valence-electron chi connectivity index (χ4n) is 2.03. The zero-order valence-corrected chi connectivity index (χ0v) is 12.8. The van der Waals surface area contributed by atoms with Crippen LogP contribution in [0.5, 0.6) is 5.75 Å². The Bertz CT molecular complexity index is 755. The Hall–Kier alpha value is -2.53. The van der Waals surface area contributed by atoms with Crippen LogP contribution in [0.3, 0.4) is 0 Å². The van der Waals surface area contributed by atoms with Crippen LogP contribution in [0.1, 0.15) is 5.82 Å². The van der Waals surface area contributed by atoms with E-state index in [-0.39, 0.29) is 0 Å². The molecule has 0 aliphatic carbocycles. The summed E-state index contributed by atoms with van der Waals surface area (Å²) in [6.07, 6.45) is 0. The van der Waals surface area contributed by atoms with Gasteiger partial charge in [-0.05, 0) is 36.4 Å². The second-order valence-corrected chi connectivity index (χ2v) is 5.13. The maximum Gasteiger partial charge on any atom is 0.181 e. The standard InChI is InChI=1S/C16H15ClN4O/c1-22-14-7-5-13(6-8-14)18-10-15-19-16(21-20-15)11-3-2-4-12(17)9-11/h2-9,18H,10H2,1H3,(H,19,20,21). The van der Waals surface area contributed by atoms with Crippen LogP contribution in [0.15, 0.2) is 48.5 Å². The summed E-state index contributed by atoms with van der Waals surface area (Å²) >= 11 is 5.98. The van der Waals surface area contributed by atoms with Gasteiger partial charge in [-0.25, -0.2) is 4.98 Å². The van der Waals surface area contributed by atoms with Crippen molar-refractivity contribution in [2.75, 3.05) is 12.4 Å². The van der Waals surface area contributed by atoms with E-state index in [9.17, 15) is 0 Å². The molecule has 0 fully saturated rings. The third kappa shape index (κ3) is 3.38. The quantitative estimate of drug-likeness (QED) is 0.753. The summed E-state index contributed by atoms with van der Waals surface area (Å²) in [5, 5.41) is 11.1. The predicted octanol–water partition coefficient (Wildman–Crippen LogP) is 3.75. The van der Waals surface area contributed by atoms with Crippen LogP contribution in [-0.4, -0.2) is 22.3 Å². The van der Waals surface area contributed by atoms with Crippen molar-refractivity contribution < 1.29 is 4.74 Å². The van der Waals surface area contributed by atoms with Gasteiger partial charge in [0.1, 0.15) is 11.6 Å². The molecule has 0 radical (unpaired) electrons. The predicted molar refractivity (Wildman–Crippen MR) is 87.1 cm³/mol. The number of nitrogens with one attached hydrogen (secondary N) is 2. The van der Waals surface area contributed by atoms with Crippen LogP contribution in [-0.2, 0) is 6.54 Å². The normalized spacial score (nSPS) is 10.5. The van der Waals surface area contributed by atoms with Gasteiger partial charge in [0, 0.05) is 16.3 Å². The number of anilines is 1. The zero-order valence-electron chi connectivity index (χ0n) is 12.0. The third-order valence-corrected chi connectivity index (χ3v) is 3.40. The highest BCUT2D eigenvalue weighted by molar-refractivity contribution is 6.30. The van der Waals surface area contributed by atoms with Crippen LogP contribution < -0.4 is 10.1 Å². The molecule has 0 aliphatic heterocycles. The first-order valence-corrected chi connectivity index (χ1v) is 7.17. The first-order chi connectivity index (χ1) is 10.7. The van der Waals surface area contributed by atoms with Gasteiger partial charge in [-0.15, -0.1) is 0 Å². The minimum atomic E-state index is 0.555. The average Bonchev–Trinajstić information content (AvgIpc) is 3.02. The minimum Gasteiger partial charge on any atom is -0.497 e. The molecule has 3 aromatic rings. The van der Waals surface area contributed by atoms with Crippen molar-refractivity contribution in [3.05, 3.63) is 59.4 Å². The first-order valence-electron chi connectivity index (χ1n) is 6.80. The summed E-state index contributed by atoms with van der Waals surface area (Å²) in [5.74, 6) is 2.22. The van der Waals surface area contributed by atoms with E-state index in [0.29, 0.717) is 17.4 Å². The summed E-state index contributed by atoms with van der Waals surface area (Å²) in [6, 6.07) is 15.2. The van der Waals surface area contributed by atoms with Gasteiger partial charge in [-0.1, -0.05) is 23.7 Å². The van der Waals surface area contributed by atoms with E-state index in [0.717, 1.165) is 22.8 Å². The molecule has 0 bridgehead atoms. The zero-order chi connectivity index (χ0) is 15.4. The Morgan fingerprint density at radius 1 is 1.18 bits per heavy atom. The lowest BCUT2D eigenvalue weighted by Gasteiger charge is -2.05. The molecule has 0 atom stereocenters. The molecule has 0 amide bonds. The van der Waals surface area contributed by atoms with Crippen LogP contribution in [0.2, 0.25) is 5.02 Å². The average molecular weight is 315 g/mol. The Kier molecular flexibility index (Phi) is 4.25. The smallest absolute Gasteiger partial charge is 0.181 e. The molecule has 0 aliphatic rings. The molecule has 0 saturated carbocycles. The van der Waals surface area contributed by atoms with E-state index in [1.54, 1.807) is 7.11 Å². The Balaban J connectivity index is 1.66. The number of hydrogen-bond acceptors (Lipinski definition) is 4. The van der Waals surface area contributed by atoms with Crippen molar-refractivity contribution in [3.63, 3.8) is 0 Å². The molecule has 1 aromatic heterocycles. The van der Waals surface area contributed by atoms with Crippen LogP contribution in [0, 0.1) is 0 Å². The molecular formula is C16H15ClN4O. The van der Waals surface area contributed by atoms with Crippen molar-refractivity contribution in [1.82, 2.24) is 15.2 Å². The van der Waals surface area contributed by atoms with Crippen molar-refractivity contribution in [1.29, 1.82) is 0 Å². The molecule has 0 saturated heterocycles. The summed E-state index contributed by atoms with van der Waals surface area (Å²) in [4.78, 5) is 4.46. The van der Waals surface area contributed by atoms with Gasteiger partial charge >= 0.3 is 0 Å². The van der Waals surface area contributed by atoms with E-state index in [1.807, 2.05) is 48.5 Å². The van der Waals surface area contributed by atoms with Gasteiger partial charge in [0.2, 0.25) is 0 Å². The SMILES string of the molecule is COc1ccc(NCc2nc(-c3cccc(Cl)c3)n[nH]2)cc1. The summed E-state index contributed by atoms with van der Waals surface area (Å²) in [5.41, 5.74) is 1.88. The van der Waals surface area contributed by atoms with Crippen LogP contribution in [0.4, 0.5) is 5.69 Å². The van der Waals surface area contributed by atoms with Gasteiger partial charge < -0.3 is 10.1 Å². The topological polar surface area (TPSA) is 62.8 Å². The summed E-state index contributed by atoms with van der Waals surface area (Å²) < 4.78 is 5.13. The maximum absolute atomic E-state index is 5.98. The number of aromatic nitrogens is 3. The molecule has 2 aromatic carbocycles. The van der Waals surface area contributed by atoms with Crippen molar-refractivity contribution in [3.8, 4) is 17.1 Å². The molecule has 1 heterocycles. The number of methoxy groups -OCH3 is 1. The van der Waals surface area contributed by atoms with E-state index in [1.165, 1.54) is 0 Å². The lowest BCUT2D eigenvalue weighted by Crippen LogP contribution is -2.01. The maximum atomic E-state index is 5.98. The van der Waals surface area contributed by atoms with Gasteiger partial charge in [-0.3, -0.25) is 5.10 Å². The number of benzene rings is 2. The first kappa shape index (κ1) is 14.4. The highest BCUT2D eigenvalue weighted by Gasteiger charge is 2.06. The molecule has 3 rings (SSSR count). The van der Waals surface area contributed by atoms with E-state index in [4.69, 9.17) is 16.3 Å². The van der Waals surface area contributed by atoms with Crippen molar-refractivity contribution >= 4 is 17.3 Å². The van der Waals surface area contributed by atoms with Crippen LogP contribution in [0.25, 0.3) is 11.4 Å². The number of halogens is 1. The van der Waals surface area contributed by atoms with Gasteiger partial charge in [0.15, 0.2) is 5.82 Å². The van der Waals surface area contributed by atoms with Crippen molar-refractivity contribution in [2.45, 2.75) is 6.54 Å². The van der Waals surface area contributed by atoms with Gasteiger partial charge in [0.05, 0.1) is 13.7 Å². The van der Waals surface area contributed by atoms with Crippen molar-refractivity contribution in [2.24, 2.45) is 0 Å². The fourth-order valence-corrected chi connectivity index (χ4v) is 2.22. The minimum absolute atomic E-state index is 0.555. The summed E-state index contributed by atoms with van der Waals surface area (Å²) in [6.45, 7) is 0.555. The fraction of sp³-hybridized carbons (Fsp3) is 0.125. The molecule has 2 N–H and O–H groups in total. The van der Waals surface area contributed by atoms with E-state index in [2.05, 4.69) is 20.5 Å². The number of nitrogens with zero attached hydrogens (tertiary/aromatic N) is 2. The molecule has 0 spiro atoms. The lowest BCUT2D eigenvalue weighted by molar-refractivity contribution is 0.415. The Morgan fingerprint density at radius 3 is 2.73 bits per heavy atom. The summed E-state index contributed by atoms with van der Waals surface area (Å²) in [7, 11) is 1.65. The molecular weight excluding hydrogens is 300 g/mol. The number of ether oxygens (including phenoxy) is 1. The molecule has 0 unspecified atom stereocenters.